The molecule has 5 heteroatoms. The lowest BCUT2D eigenvalue weighted by molar-refractivity contribution is 0.469. The zero-order chi connectivity index (χ0) is 15.0. The maximum absolute atomic E-state index is 13.8. The van der Waals surface area contributed by atoms with Crippen molar-refractivity contribution in [2.75, 3.05) is 0 Å². The summed E-state index contributed by atoms with van der Waals surface area (Å²) in [6, 6.07) is 3.58. The third kappa shape index (κ3) is 2.99. The molecule has 2 nitrogen and oxygen atoms in total. The van der Waals surface area contributed by atoms with Gasteiger partial charge in [0.25, 0.3) is 0 Å². The molecule has 1 N–H and O–H groups in total. The molecule has 1 aliphatic carbocycles. The lowest BCUT2D eigenvalue weighted by Crippen LogP contribution is -2.23. The van der Waals surface area contributed by atoms with Gasteiger partial charge in [-0.25, -0.2) is 13.8 Å². The standard InChI is InChI=1S/C16H18F2N2S/c1-9(12-7-6-11(17)8-13(12)18)19-10(2)16-20-14-4-3-5-15(14)21-16/h6-10,19H,3-5H2,1-2H3. The monoisotopic (exact) mass is 308 g/mol. The fourth-order valence-electron chi connectivity index (χ4n) is 2.78. The van der Waals surface area contributed by atoms with Crippen LogP contribution in [-0.2, 0) is 12.8 Å². The highest BCUT2D eigenvalue weighted by Gasteiger charge is 2.21. The highest BCUT2D eigenvalue weighted by atomic mass is 32.1. The van der Waals surface area contributed by atoms with Gasteiger partial charge in [-0.3, -0.25) is 0 Å². The number of halogens is 2. The normalized spacial score (nSPS) is 16.8. The highest BCUT2D eigenvalue weighted by Crippen LogP contribution is 2.31. The molecule has 0 saturated heterocycles. The first-order valence-electron chi connectivity index (χ1n) is 7.24. The molecule has 0 fully saturated rings. The minimum atomic E-state index is -0.548. The maximum atomic E-state index is 13.8. The molecule has 2 aromatic rings. The van der Waals surface area contributed by atoms with Crippen molar-refractivity contribution < 1.29 is 8.78 Å². The average molecular weight is 308 g/mol. The van der Waals surface area contributed by atoms with Crippen molar-refractivity contribution in [2.45, 2.75) is 45.2 Å². The predicted molar refractivity (Wildman–Crippen MR) is 80.5 cm³/mol. The van der Waals surface area contributed by atoms with E-state index in [1.165, 1.54) is 29.1 Å². The summed E-state index contributed by atoms with van der Waals surface area (Å²) < 4.78 is 26.8. The fourth-order valence-corrected chi connectivity index (χ4v) is 3.95. The molecule has 3 rings (SSSR count). The highest BCUT2D eigenvalue weighted by molar-refractivity contribution is 7.11. The Morgan fingerprint density at radius 3 is 2.71 bits per heavy atom. The lowest BCUT2D eigenvalue weighted by Gasteiger charge is -2.19. The summed E-state index contributed by atoms with van der Waals surface area (Å²) in [7, 11) is 0. The van der Waals surface area contributed by atoms with Crippen molar-refractivity contribution in [1.29, 1.82) is 0 Å². The third-order valence-electron chi connectivity index (χ3n) is 3.91. The number of aromatic nitrogens is 1. The van der Waals surface area contributed by atoms with Gasteiger partial charge < -0.3 is 5.32 Å². The van der Waals surface area contributed by atoms with E-state index < -0.39 is 11.6 Å². The molecule has 1 aromatic carbocycles. The van der Waals surface area contributed by atoms with E-state index in [2.05, 4.69) is 10.3 Å². The van der Waals surface area contributed by atoms with Crippen molar-refractivity contribution >= 4 is 11.3 Å². The second-order valence-corrected chi connectivity index (χ2v) is 6.67. The summed E-state index contributed by atoms with van der Waals surface area (Å²) in [5.74, 6) is -1.06. The maximum Gasteiger partial charge on any atom is 0.130 e. The first-order chi connectivity index (χ1) is 10.0. The molecule has 21 heavy (non-hydrogen) atoms. The van der Waals surface area contributed by atoms with E-state index >= 15 is 0 Å². The topological polar surface area (TPSA) is 24.9 Å². The molecular weight excluding hydrogens is 290 g/mol. The number of nitrogens with one attached hydrogen (secondary N) is 1. The molecule has 0 saturated carbocycles. The molecule has 1 heterocycles. The summed E-state index contributed by atoms with van der Waals surface area (Å²) in [6.07, 6.45) is 3.40. The number of nitrogens with zero attached hydrogens (tertiary/aromatic N) is 1. The Balaban J connectivity index is 1.72. The molecule has 0 bridgehead atoms. The van der Waals surface area contributed by atoms with Gasteiger partial charge in [0, 0.05) is 22.5 Å². The van der Waals surface area contributed by atoms with E-state index in [0.717, 1.165) is 23.9 Å². The molecule has 0 amide bonds. The molecule has 0 radical (unpaired) electrons. The minimum absolute atomic E-state index is 0.0556. The van der Waals surface area contributed by atoms with Gasteiger partial charge in [0.15, 0.2) is 0 Å². The zero-order valence-electron chi connectivity index (χ0n) is 12.1. The van der Waals surface area contributed by atoms with E-state index in [9.17, 15) is 8.78 Å². The number of hydrogen-bond donors (Lipinski definition) is 1. The summed E-state index contributed by atoms with van der Waals surface area (Å²) in [5, 5.41) is 4.40. The summed E-state index contributed by atoms with van der Waals surface area (Å²) >= 11 is 1.75. The number of thiazole rings is 1. The van der Waals surface area contributed by atoms with Crippen LogP contribution in [0, 0.1) is 11.6 Å². The van der Waals surface area contributed by atoms with Crippen LogP contribution in [0.5, 0.6) is 0 Å². The Kier molecular flexibility index (Phi) is 4.04. The van der Waals surface area contributed by atoms with E-state index in [-0.39, 0.29) is 12.1 Å². The van der Waals surface area contributed by atoms with Crippen LogP contribution in [0.15, 0.2) is 18.2 Å². The number of rotatable bonds is 4. The summed E-state index contributed by atoms with van der Waals surface area (Å²) in [6.45, 7) is 3.92. The van der Waals surface area contributed by atoms with Gasteiger partial charge in [-0.2, -0.15) is 0 Å². The number of aryl methyl sites for hydroxylation is 2. The van der Waals surface area contributed by atoms with Crippen LogP contribution in [0.2, 0.25) is 0 Å². The van der Waals surface area contributed by atoms with E-state index in [4.69, 9.17) is 0 Å². The molecule has 112 valence electrons. The Morgan fingerprint density at radius 2 is 2.00 bits per heavy atom. The summed E-state index contributed by atoms with van der Waals surface area (Å²) in [4.78, 5) is 6.06. The molecule has 2 unspecified atom stereocenters. The minimum Gasteiger partial charge on any atom is -0.301 e. The number of fused-ring (bicyclic) bond motifs is 1. The van der Waals surface area contributed by atoms with Crippen LogP contribution in [0.1, 0.15) is 53.5 Å². The van der Waals surface area contributed by atoms with Gasteiger partial charge in [0.2, 0.25) is 0 Å². The Hall–Kier alpha value is -1.33. The van der Waals surface area contributed by atoms with Crippen molar-refractivity contribution in [3.63, 3.8) is 0 Å². The Bertz CT molecular complexity index is 632. The van der Waals surface area contributed by atoms with Gasteiger partial charge in [0.05, 0.1) is 11.7 Å². The van der Waals surface area contributed by atoms with Crippen LogP contribution < -0.4 is 5.32 Å². The first kappa shape index (κ1) is 14.6. The molecular formula is C16H18F2N2S. The van der Waals surface area contributed by atoms with Crippen molar-refractivity contribution in [3.05, 3.63) is 51.0 Å². The molecule has 1 aromatic heterocycles. The molecule has 2 atom stereocenters. The van der Waals surface area contributed by atoms with Crippen LogP contribution in [0.3, 0.4) is 0 Å². The van der Waals surface area contributed by atoms with Crippen LogP contribution in [-0.4, -0.2) is 4.98 Å². The second kappa shape index (κ2) is 5.81. The van der Waals surface area contributed by atoms with E-state index in [0.29, 0.717) is 5.56 Å². The zero-order valence-corrected chi connectivity index (χ0v) is 12.9. The van der Waals surface area contributed by atoms with Gasteiger partial charge in [-0.15, -0.1) is 11.3 Å². The first-order valence-corrected chi connectivity index (χ1v) is 8.05. The number of benzene rings is 1. The van der Waals surface area contributed by atoms with E-state index in [1.54, 1.807) is 11.3 Å². The van der Waals surface area contributed by atoms with Crippen LogP contribution >= 0.6 is 11.3 Å². The molecule has 0 spiro atoms. The average Bonchev–Trinajstić information content (AvgIpc) is 2.98. The SMILES string of the molecule is CC(NC(C)c1ccc(F)cc1F)c1nc2c(s1)CCC2. The van der Waals surface area contributed by atoms with Crippen molar-refractivity contribution in [1.82, 2.24) is 10.3 Å². The largest absolute Gasteiger partial charge is 0.301 e. The van der Waals surface area contributed by atoms with Crippen molar-refractivity contribution in [3.8, 4) is 0 Å². The Labute approximate surface area is 127 Å². The van der Waals surface area contributed by atoms with Crippen LogP contribution in [0.4, 0.5) is 8.78 Å². The lowest BCUT2D eigenvalue weighted by atomic mass is 10.1. The quantitative estimate of drug-likeness (QED) is 0.910. The molecule has 0 aliphatic heterocycles. The number of hydrogen-bond acceptors (Lipinski definition) is 3. The van der Waals surface area contributed by atoms with Gasteiger partial charge in [0.1, 0.15) is 16.6 Å². The summed E-state index contributed by atoms with van der Waals surface area (Å²) in [5.41, 5.74) is 1.71. The predicted octanol–water partition coefficient (Wildman–Crippen LogP) is 4.32. The van der Waals surface area contributed by atoms with Gasteiger partial charge in [-0.05, 0) is 39.2 Å². The van der Waals surface area contributed by atoms with Gasteiger partial charge >= 0.3 is 0 Å². The van der Waals surface area contributed by atoms with Crippen molar-refractivity contribution in [2.24, 2.45) is 0 Å². The fraction of sp³-hybridized carbons (Fsp3) is 0.438. The second-order valence-electron chi connectivity index (χ2n) is 5.55. The third-order valence-corrected chi connectivity index (χ3v) is 5.25. The Morgan fingerprint density at radius 1 is 1.19 bits per heavy atom. The smallest absolute Gasteiger partial charge is 0.130 e. The van der Waals surface area contributed by atoms with Crippen LogP contribution in [0.25, 0.3) is 0 Å². The van der Waals surface area contributed by atoms with E-state index in [1.807, 2.05) is 13.8 Å². The molecule has 1 aliphatic rings. The van der Waals surface area contributed by atoms with Gasteiger partial charge in [-0.1, -0.05) is 6.07 Å².